The Hall–Kier alpha value is -2.08. The van der Waals surface area contributed by atoms with Crippen LogP contribution < -0.4 is 0 Å². The number of allylic oxidation sites excluding steroid dienone is 2. The molecule has 0 bridgehead atoms. The third-order valence-corrected chi connectivity index (χ3v) is 8.69. The third-order valence-electron chi connectivity index (χ3n) is 6.92. The molecule has 39 heavy (non-hydrogen) atoms. The Balaban J connectivity index is 2.96. The van der Waals surface area contributed by atoms with Crippen molar-refractivity contribution < 1.29 is 17.9 Å². The van der Waals surface area contributed by atoms with Gasteiger partial charge < -0.3 is 9.64 Å². The van der Waals surface area contributed by atoms with Gasteiger partial charge in [-0.25, -0.2) is 13.2 Å². The van der Waals surface area contributed by atoms with Crippen LogP contribution in [0.1, 0.15) is 124 Å². The molecule has 1 aromatic carbocycles. The summed E-state index contributed by atoms with van der Waals surface area (Å²) in [4.78, 5) is 15.0. The number of hydrogen-bond donors (Lipinski definition) is 0. The van der Waals surface area contributed by atoms with Crippen molar-refractivity contribution in [3.63, 3.8) is 0 Å². The van der Waals surface area contributed by atoms with Crippen LogP contribution in [0.25, 0.3) is 0 Å². The van der Waals surface area contributed by atoms with Crippen LogP contribution in [-0.4, -0.2) is 39.0 Å². The highest BCUT2D eigenvalue weighted by atomic mass is 32.2. The van der Waals surface area contributed by atoms with Gasteiger partial charge in [0.25, 0.3) is 0 Å². The lowest BCUT2D eigenvalue weighted by atomic mass is 10.1. The number of sulfone groups is 1. The van der Waals surface area contributed by atoms with E-state index in [1.807, 2.05) is 6.20 Å². The molecule has 0 aliphatic heterocycles. The summed E-state index contributed by atoms with van der Waals surface area (Å²) in [6.07, 6.45) is 23.7. The molecule has 0 unspecified atom stereocenters. The second-order valence-electron chi connectivity index (χ2n) is 10.5. The Morgan fingerprint density at radius 1 is 0.718 bits per heavy atom. The summed E-state index contributed by atoms with van der Waals surface area (Å²) < 4.78 is 32.1. The average Bonchev–Trinajstić information content (AvgIpc) is 2.94. The van der Waals surface area contributed by atoms with Gasteiger partial charge in [0.2, 0.25) is 9.84 Å². The van der Waals surface area contributed by atoms with Crippen LogP contribution in [0.3, 0.4) is 0 Å². The summed E-state index contributed by atoms with van der Waals surface area (Å²) in [6.45, 7) is 8.69. The highest BCUT2D eigenvalue weighted by Gasteiger charge is 2.27. The monoisotopic (exact) mass is 561 g/mol. The van der Waals surface area contributed by atoms with Crippen LogP contribution in [0.5, 0.6) is 0 Å². The molecule has 0 aliphatic carbocycles. The van der Waals surface area contributed by atoms with Crippen molar-refractivity contribution in [2.45, 2.75) is 128 Å². The molecule has 0 radical (unpaired) electrons. The van der Waals surface area contributed by atoms with E-state index in [1.165, 1.54) is 82.4 Å². The first-order valence-electron chi connectivity index (χ1n) is 15.6. The van der Waals surface area contributed by atoms with Gasteiger partial charge in [0.1, 0.15) is 0 Å². The van der Waals surface area contributed by atoms with E-state index < -0.39 is 15.8 Å². The van der Waals surface area contributed by atoms with Crippen LogP contribution in [0.2, 0.25) is 0 Å². The quantitative estimate of drug-likeness (QED) is 0.0545. The van der Waals surface area contributed by atoms with Crippen LogP contribution >= 0.6 is 0 Å². The summed E-state index contributed by atoms with van der Waals surface area (Å²) in [5, 5.41) is 0. The first-order chi connectivity index (χ1) is 19.0. The van der Waals surface area contributed by atoms with Gasteiger partial charge in [-0.2, -0.15) is 0 Å². The van der Waals surface area contributed by atoms with Crippen LogP contribution in [0.15, 0.2) is 58.5 Å². The molecule has 5 nitrogen and oxygen atoms in total. The van der Waals surface area contributed by atoms with E-state index in [9.17, 15) is 13.2 Å². The van der Waals surface area contributed by atoms with Crippen molar-refractivity contribution in [3.8, 4) is 0 Å². The SMILES string of the molecule is CCCCCCCCN(C=CC=C(C(=O)OCCCCCC)S(=O)(=O)c1ccccc1)CCCCCCCC. The van der Waals surface area contributed by atoms with E-state index in [-0.39, 0.29) is 16.4 Å². The van der Waals surface area contributed by atoms with E-state index >= 15 is 0 Å². The van der Waals surface area contributed by atoms with Crippen molar-refractivity contribution in [2.24, 2.45) is 0 Å². The Morgan fingerprint density at radius 2 is 1.21 bits per heavy atom. The number of hydrogen-bond acceptors (Lipinski definition) is 5. The van der Waals surface area contributed by atoms with E-state index in [2.05, 4.69) is 25.7 Å². The fourth-order valence-electron chi connectivity index (χ4n) is 4.46. The average molecular weight is 562 g/mol. The Bertz CT molecular complexity index is 893. The molecule has 0 saturated carbocycles. The van der Waals surface area contributed by atoms with Crippen LogP contribution in [-0.2, 0) is 19.4 Å². The normalized spacial score (nSPS) is 12.2. The van der Waals surface area contributed by atoms with Gasteiger partial charge in [-0.3, -0.25) is 0 Å². The van der Waals surface area contributed by atoms with Crippen molar-refractivity contribution in [1.29, 1.82) is 0 Å². The van der Waals surface area contributed by atoms with E-state index in [1.54, 1.807) is 24.3 Å². The topological polar surface area (TPSA) is 63.7 Å². The number of nitrogens with zero attached hydrogens (tertiary/aromatic N) is 1. The molecule has 0 fully saturated rings. The molecule has 6 heteroatoms. The number of rotatable bonds is 24. The van der Waals surface area contributed by atoms with Crippen molar-refractivity contribution >= 4 is 15.8 Å². The molecular weight excluding hydrogens is 506 g/mol. The number of benzene rings is 1. The number of carbonyl (C=O) groups is 1. The predicted molar refractivity (Wildman–Crippen MR) is 164 cm³/mol. The minimum Gasteiger partial charge on any atom is -0.462 e. The predicted octanol–water partition coefficient (Wildman–Crippen LogP) is 9.00. The molecule has 222 valence electrons. The zero-order valence-corrected chi connectivity index (χ0v) is 25.9. The first kappa shape index (κ1) is 34.9. The highest BCUT2D eigenvalue weighted by molar-refractivity contribution is 7.96. The largest absolute Gasteiger partial charge is 0.462 e. The highest BCUT2D eigenvalue weighted by Crippen LogP contribution is 2.21. The molecule has 1 rings (SSSR count). The zero-order chi connectivity index (χ0) is 28.6. The van der Waals surface area contributed by atoms with Gasteiger partial charge in [0, 0.05) is 13.1 Å². The minimum atomic E-state index is -3.99. The maximum atomic E-state index is 13.4. The first-order valence-corrected chi connectivity index (χ1v) is 17.0. The van der Waals surface area contributed by atoms with Gasteiger partial charge in [0.05, 0.1) is 11.5 Å². The van der Waals surface area contributed by atoms with E-state index in [0.29, 0.717) is 0 Å². The summed E-state index contributed by atoms with van der Waals surface area (Å²) >= 11 is 0. The maximum absolute atomic E-state index is 13.4. The molecular formula is C33H55NO4S. The third kappa shape index (κ3) is 15.9. The smallest absolute Gasteiger partial charge is 0.350 e. The minimum absolute atomic E-state index is 0.101. The van der Waals surface area contributed by atoms with Crippen LogP contribution in [0.4, 0.5) is 0 Å². The molecule has 0 amide bonds. The fraction of sp³-hybridized carbons (Fsp3) is 0.667. The van der Waals surface area contributed by atoms with Gasteiger partial charge >= 0.3 is 5.97 Å². The number of carbonyl (C=O) groups excluding carboxylic acids is 1. The van der Waals surface area contributed by atoms with Gasteiger partial charge in [-0.05, 0) is 49.7 Å². The molecule has 0 aromatic heterocycles. The number of ether oxygens (including phenoxy) is 1. The van der Waals surface area contributed by atoms with Crippen molar-refractivity contribution in [2.75, 3.05) is 19.7 Å². The molecule has 0 saturated heterocycles. The van der Waals surface area contributed by atoms with Gasteiger partial charge in [0.15, 0.2) is 4.91 Å². The number of esters is 1. The zero-order valence-electron chi connectivity index (χ0n) is 25.0. The molecule has 0 atom stereocenters. The molecule has 0 spiro atoms. The Labute approximate surface area is 240 Å². The lowest BCUT2D eigenvalue weighted by Crippen LogP contribution is -2.20. The van der Waals surface area contributed by atoms with Crippen molar-refractivity contribution in [1.82, 2.24) is 4.90 Å². The van der Waals surface area contributed by atoms with Crippen LogP contribution in [0, 0.1) is 0 Å². The lowest BCUT2D eigenvalue weighted by Gasteiger charge is -2.20. The Morgan fingerprint density at radius 3 is 1.74 bits per heavy atom. The second kappa shape index (κ2) is 22.7. The van der Waals surface area contributed by atoms with E-state index in [0.717, 1.165) is 51.6 Å². The Kier molecular flexibility index (Phi) is 20.3. The summed E-state index contributed by atoms with van der Waals surface area (Å²) in [7, 11) is -3.99. The van der Waals surface area contributed by atoms with Crippen molar-refractivity contribution in [3.05, 3.63) is 53.6 Å². The summed E-state index contributed by atoms with van der Waals surface area (Å²) in [6, 6.07) is 8.13. The second-order valence-corrected chi connectivity index (χ2v) is 12.4. The lowest BCUT2D eigenvalue weighted by molar-refractivity contribution is -0.138. The molecule has 1 aromatic rings. The summed E-state index contributed by atoms with van der Waals surface area (Å²) in [5.41, 5.74) is 0. The van der Waals surface area contributed by atoms with Gasteiger partial charge in [-0.1, -0.05) is 122 Å². The standard InChI is InChI=1S/C33H55NO4S/c1-4-7-10-13-15-20-27-34(28-21-16-14-11-8-5-2)29-23-26-32(33(35)38-30-22-12-9-6-3)39(36,37)31-24-18-17-19-25-31/h17-19,23-26,29H,4-16,20-22,27-28,30H2,1-3H3. The molecule has 0 aliphatic rings. The fourth-order valence-corrected chi connectivity index (χ4v) is 5.77. The summed E-state index contributed by atoms with van der Waals surface area (Å²) in [5.74, 6) is -0.779. The number of unbranched alkanes of at least 4 members (excludes halogenated alkanes) is 13. The van der Waals surface area contributed by atoms with Gasteiger partial charge in [-0.15, -0.1) is 0 Å². The van der Waals surface area contributed by atoms with E-state index in [4.69, 9.17) is 4.74 Å². The molecule has 0 heterocycles. The molecule has 0 N–H and O–H groups in total. The maximum Gasteiger partial charge on any atom is 0.350 e.